The Labute approximate surface area is 98.6 Å². The lowest BCUT2D eigenvalue weighted by Gasteiger charge is -2.12. The molecule has 6 heteroatoms. The number of nitrogens with zero attached hydrogens (tertiary/aromatic N) is 1. The van der Waals surface area contributed by atoms with E-state index in [0.717, 1.165) is 0 Å². The molecule has 0 radical (unpaired) electrons. The molecule has 1 aromatic heterocycles. The van der Waals surface area contributed by atoms with E-state index in [1.54, 1.807) is 6.92 Å². The zero-order valence-corrected chi connectivity index (χ0v) is 9.64. The molecule has 1 unspecified atom stereocenters. The number of hydrogen-bond donors (Lipinski definition) is 2. The third kappa shape index (κ3) is 3.75. The lowest BCUT2D eigenvalue weighted by Crippen LogP contribution is -2.39. The van der Waals surface area contributed by atoms with E-state index in [-0.39, 0.29) is 17.9 Å². The fourth-order valence-electron chi connectivity index (χ4n) is 1.16. The molecule has 2 N–H and O–H groups in total. The van der Waals surface area contributed by atoms with Crippen LogP contribution in [-0.2, 0) is 9.53 Å². The Hall–Kier alpha value is -2.11. The average Bonchev–Trinajstić information content (AvgIpc) is 2.29. The summed E-state index contributed by atoms with van der Waals surface area (Å²) < 4.78 is 4.75. The number of aromatic hydroxyl groups is 1. The Kier molecular flexibility index (Phi) is 4.45. The molecular weight excluding hydrogens is 224 g/mol. The van der Waals surface area contributed by atoms with E-state index in [0.29, 0.717) is 0 Å². The maximum absolute atomic E-state index is 11.6. The molecule has 92 valence electrons. The summed E-state index contributed by atoms with van der Waals surface area (Å²) in [6, 6.07) is 0.519. The van der Waals surface area contributed by atoms with Gasteiger partial charge in [-0.1, -0.05) is 0 Å². The first-order chi connectivity index (χ1) is 8.04. The van der Waals surface area contributed by atoms with Crippen LogP contribution in [0.3, 0.4) is 0 Å². The third-order valence-electron chi connectivity index (χ3n) is 1.97. The van der Waals surface area contributed by atoms with Gasteiger partial charge in [0.25, 0.3) is 5.91 Å². The standard InChI is InChI=1S/C11H14N2O4/c1-3-17-11(16)7(2)13-10(15)8-4-9(14)6-12-5-8/h4-7,14H,3H2,1-2H3,(H,13,15). The van der Waals surface area contributed by atoms with E-state index in [4.69, 9.17) is 9.84 Å². The summed E-state index contributed by atoms with van der Waals surface area (Å²) in [6.45, 7) is 3.46. The van der Waals surface area contributed by atoms with Crippen LogP contribution in [0.5, 0.6) is 5.75 Å². The van der Waals surface area contributed by atoms with Crippen molar-refractivity contribution in [3.8, 4) is 5.75 Å². The number of amides is 1. The van der Waals surface area contributed by atoms with Crippen LogP contribution in [0.15, 0.2) is 18.5 Å². The lowest BCUT2D eigenvalue weighted by atomic mass is 10.2. The Bertz CT molecular complexity index is 420. The van der Waals surface area contributed by atoms with Crippen molar-refractivity contribution in [1.29, 1.82) is 0 Å². The van der Waals surface area contributed by atoms with Crippen LogP contribution in [-0.4, -0.2) is 34.6 Å². The second-order valence-corrected chi connectivity index (χ2v) is 3.38. The molecule has 0 aliphatic carbocycles. The number of rotatable bonds is 4. The molecule has 1 heterocycles. The molecule has 0 saturated heterocycles. The Morgan fingerprint density at radius 2 is 2.24 bits per heavy atom. The van der Waals surface area contributed by atoms with Gasteiger partial charge in [0.05, 0.1) is 18.4 Å². The van der Waals surface area contributed by atoms with Crippen LogP contribution in [0.2, 0.25) is 0 Å². The molecule has 1 rings (SSSR count). The van der Waals surface area contributed by atoms with Crippen molar-refractivity contribution in [1.82, 2.24) is 10.3 Å². The number of aromatic nitrogens is 1. The molecule has 0 aliphatic heterocycles. The normalized spacial score (nSPS) is 11.6. The van der Waals surface area contributed by atoms with Crippen molar-refractivity contribution in [2.24, 2.45) is 0 Å². The Balaban J connectivity index is 2.63. The van der Waals surface area contributed by atoms with E-state index < -0.39 is 17.9 Å². The number of pyridine rings is 1. The molecule has 1 atom stereocenters. The zero-order valence-electron chi connectivity index (χ0n) is 9.64. The van der Waals surface area contributed by atoms with Crippen molar-refractivity contribution < 1.29 is 19.4 Å². The summed E-state index contributed by atoms with van der Waals surface area (Å²) in [4.78, 5) is 26.6. The van der Waals surface area contributed by atoms with Gasteiger partial charge in [-0.2, -0.15) is 0 Å². The van der Waals surface area contributed by atoms with Gasteiger partial charge in [0.2, 0.25) is 0 Å². The highest BCUT2D eigenvalue weighted by atomic mass is 16.5. The topological polar surface area (TPSA) is 88.5 Å². The van der Waals surface area contributed by atoms with Crippen molar-refractivity contribution >= 4 is 11.9 Å². The number of ether oxygens (including phenoxy) is 1. The Morgan fingerprint density at radius 3 is 2.82 bits per heavy atom. The smallest absolute Gasteiger partial charge is 0.328 e. The first-order valence-corrected chi connectivity index (χ1v) is 5.16. The van der Waals surface area contributed by atoms with Gasteiger partial charge in [-0.15, -0.1) is 0 Å². The molecule has 0 aromatic carbocycles. The number of esters is 1. The van der Waals surface area contributed by atoms with Crippen molar-refractivity contribution in [3.05, 3.63) is 24.0 Å². The van der Waals surface area contributed by atoms with Crippen molar-refractivity contribution in [2.45, 2.75) is 19.9 Å². The predicted molar refractivity (Wildman–Crippen MR) is 59.5 cm³/mol. The fourth-order valence-corrected chi connectivity index (χ4v) is 1.16. The van der Waals surface area contributed by atoms with Crippen molar-refractivity contribution in [2.75, 3.05) is 6.61 Å². The molecule has 1 aromatic rings. The molecule has 0 saturated carbocycles. The Morgan fingerprint density at radius 1 is 1.53 bits per heavy atom. The van der Waals surface area contributed by atoms with Gasteiger partial charge in [-0.3, -0.25) is 9.78 Å². The van der Waals surface area contributed by atoms with Crippen LogP contribution in [0.1, 0.15) is 24.2 Å². The minimum absolute atomic E-state index is 0.110. The molecule has 0 aliphatic rings. The van der Waals surface area contributed by atoms with Crippen molar-refractivity contribution in [3.63, 3.8) is 0 Å². The fraction of sp³-hybridized carbons (Fsp3) is 0.364. The van der Waals surface area contributed by atoms with Gasteiger partial charge in [-0.25, -0.2) is 4.79 Å². The zero-order chi connectivity index (χ0) is 12.8. The number of nitrogens with one attached hydrogen (secondary N) is 1. The second kappa shape index (κ2) is 5.83. The highest BCUT2D eigenvalue weighted by Crippen LogP contribution is 2.08. The van der Waals surface area contributed by atoms with Crippen LogP contribution >= 0.6 is 0 Å². The van der Waals surface area contributed by atoms with Crippen LogP contribution in [0.25, 0.3) is 0 Å². The maximum atomic E-state index is 11.6. The molecule has 0 spiro atoms. The molecular formula is C11H14N2O4. The van der Waals surface area contributed by atoms with E-state index in [2.05, 4.69) is 10.3 Å². The third-order valence-corrected chi connectivity index (χ3v) is 1.97. The average molecular weight is 238 g/mol. The van der Waals surface area contributed by atoms with Gasteiger partial charge >= 0.3 is 5.97 Å². The van der Waals surface area contributed by atoms with Crippen LogP contribution in [0.4, 0.5) is 0 Å². The molecule has 0 fully saturated rings. The predicted octanol–water partition coefficient (Wildman–Crippen LogP) is 0.469. The minimum Gasteiger partial charge on any atom is -0.506 e. The largest absolute Gasteiger partial charge is 0.506 e. The lowest BCUT2D eigenvalue weighted by molar-refractivity contribution is -0.144. The van der Waals surface area contributed by atoms with Crippen LogP contribution < -0.4 is 5.32 Å². The maximum Gasteiger partial charge on any atom is 0.328 e. The first-order valence-electron chi connectivity index (χ1n) is 5.16. The molecule has 6 nitrogen and oxygen atoms in total. The summed E-state index contributed by atoms with van der Waals surface area (Å²) in [7, 11) is 0. The van der Waals surface area contributed by atoms with E-state index >= 15 is 0 Å². The monoisotopic (exact) mass is 238 g/mol. The SMILES string of the molecule is CCOC(=O)C(C)NC(=O)c1cncc(O)c1. The van der Waals surface area contributed by atoms with E-state index in [1.807, 2.05) is 0 Å². The summed E-state index contributed by atoms with van der Waals surface area (Å²) in [5.74, 6) is -1.11. The van der Waals surface area contributed by atoms with Gasteiger partial charge < -0.3 is 15.2 Å². The van der Waals surface area contributed by atoms with E-state index in [9.17, 15) is 9.59 Å². The second-order valence-electron chi connectivity index (χ2n) is 3.38. The van der Waals surface area contributed by atoms with Gasteiger partial charge in [-0.05, 0) is 19.9 Å². The molecule has 0 bridgehead atoms. The van der Waals surface area contributed by atoms with Gasteiger partial charge in [0, 0.05) is 6.20 Å². The molecule has 17 heavy (non-hydrogen) atoms. The summed E-state index contributed by atoms with van der Waals surface area (Å²) in [6.07, 6.45) is 2.51. The number of carbonyl (C=O) groups is 2. The summed E-state index contributed by atoms with van der Waals surface area (Å²) in [5.41, 5.74) is 0.182. The quantitative estimate of drug-likeness (QED) is 0.744. The minimum atomic E-state index is -0.746. The summed E-state index contributed by atoms with van der Waals surface area (Å²) in [5, 5.41) is 11.6. The van der Waals surface area contributed by atoms with Crippen LogP contribution in [0, 0.1) is 0 Å². The first kappa shape index (κ1) is 13.0. The van der Waals surface area contributed by atoms with Gasteiger partial charge in [0.1, 0.15) is 11.8 Å². The number of carbonyl (C=O) groups excluding carboxylic acids is 2. The number of hydrogen-bond acceptors (Lipinski definition) is 5. The summed E-state index contributed by atoms with van der Waals surface area (Å²) >= 11 is 0. The van der Waals surface area contributed by atoms with Gasteiger partial charge in [0.15, 0.2) is 0 Å². The molecule has 1 amide bonds. The van der Waals surface area contributed by atoms with E-state index in [1.165, 1.54) is 25.4 Å². The highest BCUT2D eigenvalue weighted by Gasteiger charge is 2.17. The highest BCUT2D eigenvalue weighted by molar-refractivity contribution is 5.96.